The SMILES string of the molecule is CC(C)C1C(=O)CC(c2ccccc2)N(C(=O)CCl)[C@H]1c1ccccc1. The van der Waals surface area contributed by atoms with Crippen LogP contribution in [0, 0.1) is 11.8 Å². The summed E-state index contributed by atoms with van der Waals surface area (Å²) in [6, 6.07) is 19.0. The molecule has 0 spiro atoms. The zero-order valence-electron chi connectivity index (χ0n) is 15.1. The summed E-state index contributed by atoms with van der Waals surface area (Å²) in [5, 5.41) is 0. The topological polar surface area (TPSA) is 37.4 Å². The summed E-state index contributed by atoms with van der Waals surface area (Å²) in [4.78, 5) is 27.8. The molecule has 2 aromatic rings. The zero-order chi connectivity index (χ0) is 18.7. The summed E-state index contributed by atoms with van der Waals surface area (Å²) in [6.07, 6.45) is 0.332. The molecule has 1 amide bonds. The lowest BCUT2D eigenvalue weighted by Gasteiger charge is -2.47. The van der Waals surface area contributed by atoms with Gasteiger partial charge in [0.1, 0.15) is 11.7 Å². The number of rotatable bonds is 4. The molecule has 2 unspecified atom stereocenters. The van der Waals surface area contributed by atoms with E-state index in [9.17, 15) is 9.59 Å². The van der Waals surface area contributed by atoms with Gasteiger partial charge in [0.05, 0.1) is 12.1 Å². The number of halogens is 1. The van der Waals surface area contributed by atoms with Gasteiger partial charge in [0.2, 0.25) is 5.91 Å². The molecular weight excluding hydrogens is 346 g/mol. The minimum Gasteiger partial charge on any atom is -0.326 e. The number of alkyl halides is 1. The molecule has 3 atom stereocenters. The molecule has 1 heterocycles. The van der Waals surface area contributed by atoms with Crippen molar-refractivity contribution in [3.05, 3.63) is 71.8 Å². The monoisotopic (exact) mass is 369 g/mol. The lowest BCUT2D eigenvalue weighted by atomic mass is 9.74. The largest absolute Gasteiger partial charge is 0.326 e. The van der Waals surface area contributed by atoms with Gasteiger partial charge >= 0.3 is 0 Å². The first-order chi connectivity index (χ1) is 12.5. The summed E-state index contributed by atoms with van der Waals surface area (Å²) in [7, 11) is 0. The van der Waals surface area contributed by atoms with Gasteiger partial charge in [-0.05, 0) is 17.0 Å². The molecule has 136 valence electrons. The fraction of sp³-hybridized carbons (Fsp3) is 0.364. The predicted octanol–water partition coefficient (Wildman–Crippen LogP) is 4.78. The van der Waals surface area contributed by atoms with Crippen molar-refractivity contribution >= 4 is 23.3 Å². The van der Waals surface area contributed by atoms with Crippen molar-refractivity contribution in [2.75, 3.05) is 5.88 Å². The van der Waals surface area contributed by atoms with Gasteiger partial charge in [-0.3, -0.25) is 9.59 Å². The lowest BCUT2D eigenvalue weighted by molar-refractivity contribution is -0.147. The Hall–Kier alpha value is -2.13. The number of hydrogen-bond acceptors (Lipinski definition) is 2. The highest BCUT2D eigenvalue weighted by Gasteiger charge is 2.46. The van der Waals surface area contributed by atoms with Gasteiger partial charge in [0.15, 0.2) is 0 Å². The zero-order valence-corrected chi connectivity index (χ0v) is 15.9. The molecule has 1 saturated heterocycles. The van der Waals surface area contributed by atoms with E-state index in [-0.39, 0.29) is 41.5 Å². The van der Waals surface area contributed by atoms with Crippen LogP contribution in [0.2, 0.25) is 0 Å². The molecule has 0 N–H and O–H groups in total. The van der Waals surface area contributed by atoms with Crippen LogP contribution in [0.5, 0.6) is 0 Å². The highest BCUT2D eigenvalue weighted by atomic mass is 35.5. The van der Waals surface area contributed by atoms with Crippen molar-refractivity contribution in [1.82, 2.24) is 4.90 Å². The maximum absolute atomic E-state index is 13.1. The van der Waals surface area contributed by atoms with E-state index >= 15 is 0 Å². The molecule has 0 aromatic heterocycles. The molecule has 1 aliphatic rings. The fourth-order valence-electron chi connectivity index (χ4n) is 4.07. The third-order valence-electron chi connectivity index (χ3n) is 5.19. The molecule has 3 rings (SSSR count). The number of carbonyl (C=O) groups is 2. The van der Waals surface area contributed by atoms with E-state index in [1.807, 2.05) is 79.4 Å². The van der Waals surface area contributed by atoms with E-state index in [1.165, 1.54) is 0 Å². The van der Waals surface area contributed by atoms with E-state index in [2.05, 4.69) is 0 Å². The standard InChI is InChI=1S/C22H24ClNO2/c1-15(2)21-19(25)13-18(16-9-5-3-6-10-16)24(20(26)14-23)22(21)17-11-7-4-8-12-17/h3-12,15,18,21-22H,13-14H2,1-2H3/t18?,21?,22-/m0/s1. The highest BCUT2D eigenvalue weighted by Crippen LogP contribution is 2.46. The maximum atomic E-state index is 13.1. The van der Waals surface area contributed by atoms with Crippen molar-refractivity contribution in [1.29, 1.82) is 0 Å². The van der Waals surface area contributed by atoms with Crippen molar-refractivity contribution in [3.63, 3.8) is 0 Å². The Morgan fingerprint density at radius 2 is 1.58 bits per heavy atom. The lowest BCUT2D eigenvalue weighted by Crippen LogP contribution is -2.50. The number of Topliss-reactive ketones (excluding diaryl/α,β-unsaturated/α-hetero) is 1. The smallest absolute Gasteiger partial charge is 0.238 e. The van der Waals surface area contributed by atoms with Gasteiger partial charge in [-0.1, -0.05) is 74.5 Å². The molecular formula is C22H24ClNO2. The Labute approximate surface area is 160 Å². The molecule has 3 nitrogen and oxygen atoms in total. The van der Waals surface area contributed by atoms with Crippen LogP contribution >= 0.6 is 11.6 Å². The van der Waals surface area contributed by atoms with E-state index in [4.69, 9.17) is 11.6 Å². The Kier molecular flexibility index (Phi) is 5.77. The molecule has 0 bridgehead atoms. The minimum atomic E-state index is -0.297. The third-order valence-corrected chi connectivity index (χ3v) is 5.42. The highest BCUT2D eigenvalue weighted by molar-refractivity contribution is 6.27. The summed E-state index contributed by atoms with van der Waals surface area (Å²) < 4.78 is 0. The number of piperidine rings is 1. The second kappa shape index (κ2) is 8.05. The number of likely N-dealkylation sites (tertiary alicyclic amines) is 1. The molecule has 2 aromatic carbocycles. The number of amides is 1. The molecule has 4 heteroatoms. The van der Waals surface area contributed by atoms with Crippen LogP contribution in [0.25, 0.3) is 0 Å². The molecule has 0 saturated carbocycles. The normalized spacial score (nSPS) is 23.3. The van der Waals surface area contributed by atoms with Crippen LogP contribution in [-0.4, -0.2) is 22.5 Å². The van der Waals surface area contributed by atoms with Crippen LogP contribution in [0.4, 0.5) is 0 Å². The number of ketones is 1. The van der Waals surface area contributed by atoms with Crippen LogP contribution in [0.1, 0.15) is 43.5 Å². The maximum Gasteiger partial charge on any atom is 0.238 e. The second-order valence-electron chi connectivity index (χ2n) is 7.16. The van der Waals surface area contributed by atoms with Crippen molar-refractivity contribution in [2.45, 2.75) is 32.4 Å². The summed E-state index contributed by atoms with van der Waals surface area (Å²) in [6.45, 7) is 4.09. The number of nitrogens with zero attached hydrogens (tertiary/aromatic N) is 1. The number of carbonyl (C=O) groups excluding carboxylic acids is 2. The van der Waals surface area contributed by atoms with E-state index < -0.39 is 0 Å². The average molecular weight is 370 g/mol. The van der Waals surface area contributed by atoms with Gasteiger partial charge in [-0.25, -0.2) is 0 Å². The average Bonchev–Trinajstić information content (AvgIpc) is 2.67. The van der Waals surface area contributed by atoms with Crippen LogP contribution in [-0.2, 0) is 9.59 Å². The van der Waals surface area contributed by atoms with Crippen LogP contribution in [0.3, 0.4) is 0 Å². The summed E-state index contributed by atoms with van der Waals surface area (Å²) >= 11 is 5.98. The van der Waals surface area contributed by atoms with Crippen molar-refractivity contribution in [2.24, 2.45) is 11.8 Å². The second-order valence-corrected chi connectivity index (χ2v) is 7.42. The van der Waals surface area contributed by atoms with Crippen molar-refractivity contribution in [3.8, 4) is 0 Å². The first kappa shape index (κ1) is 18.7. The quantitative estimate of drug-likeness (QED) is 0.727. The summed E-state index contributed by atoms with van der Waals surface area (Å²) in [5.41, 5.74) is 1.96. The van der Waals surface area contributed by atoms with Gasteiger partial charge in [-0.2, -0.15) is 0 Å². The van der Waals surface area contributed by atoms with Gasteiger partial charge < -0.3 is 4.90 Å². The van der Waals surface area contributed by atoms with Crippen molar-refractivity contribution < 1.29 is 9.59 Å². The minimum absolute atomic E-state index is 0.0916. The van der Waals surface area contributed by atoms with E-state index in [1.54, 1.807) is 0 Å². The first-order valence-electron chi connectivity index (χ1n) is 9.04. The Morgan fingerprint density at radius 1 is 1.04 bits per heavy atom. The van der Waals surface area contributed by atoms with Gasteiger partial charge in [-0.15, -0.1) is 11.6 Å². The summed E-state index contributed by atoms with van der Waals surface area (Å²) in [5.74, 6) is -0.112. The van der Waals surface area contributed by atoms with E-state index in [0.29, 0.717) is 6.42 Å². The molecule has 1 aliphatic heterocycles. The van der Waals surface area contributed by atoms with Gasteiger partial charge in [0.25, 0.3) is 0 Å². The molecule has 26 heavy (non-hydrogen) atoms. The number of hydrogen-bond donors (Lipinski definition) is 0. The molecule has 0 aliphatic carbocycles. The van der Waals surface area contributed by atoms with E-state index in [0.717, 1.165) is 11.1 Å². The Balaban J connectivity index is 2.14. The van der Waals surface area contributed by atoms with Gasteiger partial charge in [0, 0.05) is 12.3 Å². The third kappa shape index (κ3) is 3.54. The molecule has 0 radical (unpaired) electrons. The fourth-order valence-corrected chi connectivity index (χ4v) is 4.21. The first-order valence-corrected chi connectivity index (χ1v) is 9.57. The van der Waals surface area contributed by atoms with Crippen LogP contribution < -0.4 is 0 Å². The number of benzene rings is 2. The predicted molar refractivity (Wildman–Crippen MR) is 104 cm³/mol. The Morgan fingerprint density at radius 3 is 2.08 bits per heavy atom. The van der Waals surface area contributed by atoms with Crippen LogP contribution in [0.15, 0.2) is 60.7 Å². The molecule has 1 fully saturated rings. The Bertz CT molecular complexity index is 760.